The van der Waals surface area contributed by atoms with Crippen molar-refractivity contribution in [3.05, 3.63) is 18.2 Å². The van der Waals surface area contributed by atoms with Crippen molar-refractivity contribution in [3.8, 4) is 5.06 Å². The van der Waals surface area contributed by atoms with Crippen LogP contribution in [0.25, 0.3) is 10.1 Å². The molecule has 0 saturated heterocycles. The molecule has 1 nitrogen and oxygen atoms in total. The summed E-state index contributed by atoms with van der Waals surface area (Å²) in [5, 5.41) is 10.8. The van der Waals surface area contributed by atoms with Crippen LogP contribution >= 0.6 is 35.7 Å². The zero-order valence-electron chi connectivity index (χ0n) is 6.94. The van der Waals surface area contributed by atoms with E-state index in [1.54, 1.807) is 11.8 Å². The summed E-state index contributed by atoms with van der Waals surface area (Å²) in [6, 6.07) is 6.11. The predicted octanol–water partition coefficient (Wildman–Crippen LogP) is 3.62. The Morgan fingerprint density at radius 1 is 1.46 bits per heavy atom. The first-order chi connectivity index (χ1) is 6.22. The van der Waals surface area contributed by atoms with Gasteiger partial charge in [0.2, 0.25) is 0 Å². The normalized spacial score (nSPS) is 10.9. The molecule has 0 amide bonds. The quantitative estimate of drug-likeness (QED) is 0.574. The van der Waals surface area contributed by atoms with E-state index in [-0.39, 0.29) is 0 Å². The van der Waals surface area contributed by atoms with Crippen LogP contribution in [0, 0.1) is 0 Å². The van der Waals surface area contributed by atoms with Crippen molar-refractivity contribution in [2.45, 2.75) is 9.79 Å². The highest BCUT2D eigenvalue weighted by atomic mass is 32.2. The molecule has 0 spiro atoms. The Bertz CT molecular complexity index is 447. The fourth-order valence-corrected chi connectivity index (χ4v) is 2.98. The van der Waals surface area contributed by atoms with Gasteiger partial charge < -0.3 is 5.11 Å². The highest BCUT2D eigenvalue weighted by molar-refractivity contribution is 7.98. The van der Waals surface area contributed by atoms with Gasteiger partial charge in [-0.3, -0.25) is 0 Å². The Morgan fingerprint density at radius 2 is 2.23 bits per heavy atom. The van der Waals surface area contributed by atoms with Gasteiger partial charge in [0.05, 0.1) is 4.90 Å². The molecule has 2 aromatic rings. The van der Waals surface area contributed by atoms with Gasteiger partial charge >= 0.3 is 0 Å². The Morgan fingerprint density at radius 3 is 2.92 bits per heavy atom. The fourth-order valence-electron chi connectivity index (χ4n) is 1.18. The van der Waals surface area contributed by atoms with Crippen molar-refractivity contribution in [1.82, 2.24) is 0 Å². The zero-order chi connectivity index (χ0) is 9.42. The van der Waals surface area contributed by atoms with Gasteiger partial charge in [-0.1, -0.05) is 17.4 Å². The second-order valence-corrected chi connectivity index (χ2v) is 4.98. The number of aromatic hydroxyl groups is 1. The van der Waals surface area contributed by atoms with E-state index in [9.17, 15) is 5.11 Å². The Labute approximate surface area is 90.2 Å². The van der Waals surface area contributed by atoms with Crippen molar-refractivity contribution in [1.29, 1.82) is 0 Å². The number of fused-ring (bicyclic) bond motifs is 1. The topological polar surface area (TPSA) is 20.2 Å². The highest BCUT2D eigenvalue weighted by Crippen LogP contribution is 2.40. The Hall–Kier alpha value is -0.320. The lowest BCUT2D eigenvalue weighted by molar-refractivity contribution is 0.480. The summed E-state index contributed by atoms with van der Waals surface area (Å²) >= 11 is 7.30. The lowest BCUT2D eigenvalue weighted by Crippen LogP contribution is -1.68. The first-order valence-electron chi connectivity index (χ1n) is 3.71. The zero-order valence-corrected chi connectivity index (χ0v) is 9.47. The molecule has 13 heavy (non-hydrogen) atoms. The molecule has 0 bridgehead atoms. The molecule has 1 aromatic carbocycles. The molecule has 1 N–H and O–H groups in total. The average Bonchev–Trinajstić information content (AvgIpc) is 2.42. The minimum atomic E-state index is 0.302. The summed E-state index contributed by atoms with van der Waals surface area (Å²) in [7, 11) is 0. The number of thiophene rings is 1. The van der Waals surface area contributed by atoms with E-state index in [0.29, 0.717) is 9.96 Å². The molecule has 1 heterocycles. The van der Waals surface area contributed by atoms with E-state index in [1.807, 2.05) is 18.4 Å². The van der Waals surface area contributed by atoms with Crippen molar-refractivity contribution in [2.24, 2.45) is 0 Å². The minimum absolute atomic E-state index is 0.302. The third-order valence-corrected chi connectivity index (χ3v) is 4.14. The monoisotopic (exact) mass is 228 g/mol. The molecular weight excluding hydrogens is 220 g/mol. The van der Waals surface area contributed by atoms with Crippen molar-refractivity contribution in [2.75, 3.05) is 6.26 Å². The molecule has 0 unspecified atom stereocenters. The van der Waals surface area contributed by atoms with Gasteiger partial charge in [0.25, 0.3) is 0 Å². The van der Waals surface area contributed by atoms with Crippen LogP contribution in [0.3, 0.4) is 0 Å². The first-order valence-corrected chi connectivity index (χ1v) is 6.19. The maximum Gasteiger partial charge on any atom is 0.186 e. The minimum Gasteiger partial charge on any atom is -0.499 e. The van der Waals surface area contributed by atoms with Crippen molar-refractivity contribution >= 4 is 45.8 Å². The van der Waals surface area contributed by atoms with Crippen LogP contribution in [-0.2, 0) is 0 Å². The van der Waals surface area contributed by atoms with Gasteiger partial charge in [-0.2, -0.15) is 0 Å². The summed E-state index contributed by atoms with van der Waals surface area (Å²) in [5.74, 6) is 0. The molecule has 0 radical (unpaired) electrons. The van der Waals surface area contributed by atoms with Gasteiger partial charge in [0.15, 0.2) is 5.06 Å². The first kappa shape index (κ1) is 9.24. The number of benzene rings is 1. The second kappa shape index (κ2) is 3.44. The number of thiol groups is 1. The molecule has 0 atom stereocenters. The summed E-state index contributed by atoms with van der Waals surface area (Å²) in [5.41, 5.74) is 0. The molecule has 1 aromatic heterocycles. The highest BCUT2D eigenvalue weighted by Gasteiger charge is 2.07. The molecule has 2 rings (SSSR count). The van der Waals surface area contributed by atoms with Gasteiger partial charge in [-0.25, -0.2) is 0 Å². The van der Waals surface area contributed by atoms with Crippen LogP contribution in [0.2, 0.25) is 0 Å². The molecular formula is C9H8OS3. The van der Waals surface area contributed by atoms with Crippen LogP contribution in [0.4, 0.5) is 0 Å². The van der Waals surface area contributed by atoms with E-state index < -0.39 is 0 Å². The van der Waals surface area contributed by atoms with Crippen LogP contribution < -0.4 is 0 Å². The molecule has 0 fully saturated rings. The molecule has 0 aliphatic heterocycles. The van der Waals surface area contributed by atoms with Crippen LogP contribution in [0.15, 0.2) is 28.0 Å². The van der Waals surface area contributed by atoms with Gasteiger partial charge in [-0.05, 0) is 18.4 Å². The van der Waals surface area contributed by atoms with Crippen molar-refractivity contribution in [3.63, 3.8) is 0 Å². The molecule has 0 aliphatic carbocycles. The largest absolute Gasteiger partial charge is 0.499 e. The van der Waals surface area contributed by atoms with Crippen molar-refractivity contribution < 1.29 is 5.11 Å². The summed E-state index contributed by atoms with van der Waals surface area (Å²) in [4.78, 5) is 1.90. The molecule has 4 heteroatoms. The molecule has 68 valence electrons. The summed E-state index contributed by atoms with van der Waals surface area (Å²) < 4.78 is 1.09. The van der Waals surface area contributed by atoms with E-state index >= 15 is 0 Å². The van der Waals surface area contributed by atoms with Gasteiger partial charge in [0, 0.05) is 15.0 Å². The second-order valence-electron chi connectivity index (χ2n) is 2.62. The summed E-state index contributed by atoms with van der Waals surface area (Å²) in [6.07, 6.45) is 2.04. The van der Waals surface area contributed by atoms with Gasteiger partial charge in [-0.15, -0.1) is 24.4 Å². The van der Waals surface area contributed by atoms with Crippen LogP contribution in [0.1, 0.15) is 0 Å². The molecule has 0 saturated carbocycles. The smallest absolute Gasteiger partial charge is 0.186 e. The lowest BCUT2D eigenvalue weighted by Gasteiger charge is -1.95. The fraction of sp³-hybridized carbons (Fsp3) is 0.111. The Kier molecular flexibility index (Phi) is 2.45. The lowest BCUT2D eigenvalue weighted by atomic mass is 10.3. The van der Waals surface area contributed by atoms with E-state index in [0.717, 1.165) is 10.1 Å². The maximum atomic E-state index is 9.44. The molecule has 0 aliphatic rings. The van der Waals surface area contributed by atoms with Crippen LogP contribution in [-0.4, -0.2) is 11.4 Å². The third-order valence-electron chi connectivity index (χ3n) is 1.85. The average molecular weight is 228 g/mol. The number of hydrogen-bond donors (Lipinski definition) is 2. The van der Waals surface area contributed by atoms with E-state index in [1.165, 1.54) is 16.2 Å². The number of thioether (sulfide) groups is 1. The Balaban J connectivity index is 2.73. The SMILES string of the molecule is CSc1ccc2c(S)c(O)sc2c1. The summed E-state index contributed by atoms with van der Waals surface area (Å²) in [6.45, 7) is 0. The predicted molar refractivity (Wildman–Crippen MR) is 62.5 cm³/mol. The third kappa shape index (κ3) is 1.54. The van der Waals surface area contributed by atoms with E-state index in [2.05, 4.69) is 18.7 Å². The maximum absolute atomic E-state index is 9.44. The van der Waals surface area contributed by atoms with Crippen LogP contribution in [0.5, 0.6) is 5.06 Å². The number of hydrogen-bond acceptors (Lipinski definition) is 4. The number of rotatable bonds is 1. The standard InChI is InChI=1S/C9H8OS3/c1-12-5-2-3-6-7(4-5)13-9(10)8(6)11/h2-4,10-11H,1H3. The van der Waals surface area contributed by atoms with E-state index in [4.69, 9.17) is 0 Å². The van der Waals surface area contributed by atoms with Gasteiger partial charge in [0.1, 0.15) is 0 Å².